The van der Waals surface area contributed by atoms with E-state index in [1.807, 2.05) is 0 Å². The van der Waals surface area contributed by atoms with Gasteiger partial charge in [0.15, 0.2) is 0 Å². The second-order valence-corrected chi connectivity index (χ2v) is 4.15. The van der Waals surface area contributed by atoms with E-state index in [-0.39, 0.29) is 12.2 Å². The number of carboxylic acids is 1. The molecule has 0 rings (SSSR count). The maximum Gasteiger partial charge on any atom is 0.334 e. The smallest absolute Gasteiger partial charge is 0.334 e. The van der Waals surface area contributed by atoms with Crippen LogP contribution in [0.25, 0.3) is 0 Å². The zero-order valence-corrected chi connectivity index (χ0v) is 11.6. The van der Waals surface area contributed by atoms with Crippen LogP contribution in [0.2, 0.25) is 0 Å². The summed E-state index contributed by atoms with van der Waals surface area (Å²) in [5.74, 6) is -1.50. The van der Waals surface area contributed by atoms with Crippen LogP contribution in [0.4, 0.5) is 0 Å². The fourth-order valence-electron chi connectivity index (χ4n) is 1.82. The molecule has 0 saturated carbocycles. The van der Waals surface area contributed by atoms with Crippen LogP contribution >= 0.6 is 0 Å². The number of carboxylic acid groups (broad SMARTS) is 1. The zero-order valence-electron chi connectivity index (χ0n) is 11.6. The maximum absolute atomic E-state index is 11.8. The van der Waals surface area contributed by atoms with Gasteiger partial charge < -0.3 is 9.84 Å². The summed E-state index contributed by atoms with van der Waals surface area (Å²) < 4.78 is 4.93. The predicted molar refractivity (Wildman–Crippen MR) is 70.3 cm³/mol. The van der Waals surface area contributed by atoms with Crippen molar-refractivity contribution in [3.05, 3.63) is 11.1 Å². The van der Waals surface area contributed by atoms with Crippen molar-refractivity contribution < 1.29 is 19.4 Å². The van der Waals surface area contributed by atoms with E-state index in [0.29, 0.717) is 18.4 Å². The Bertz CT molecular complexity index is 305. The predicted octanol–water partition coefficient (Wildman–Crippen LogP) is 3.31. The summed E-state index contributed by atoms with van der Waals surface area (Å²) in [7, 11) is 0. The minimum Gasteiger partial charge on any atom is -0.478 e. The first-order chi connectivity index (χ1) is 8.58. The summed E-state index contributed by atoms with van der Waals surface area (Å²) in [4.78, 5) is 22.9. The highest BCUT2D eigenvalue weighted by atomic mass is 16.5. The molecule has 4 nitrogen and oxygen atoms in total. The third-order valence-electron chi connectivity index (χ3n) is 2.78. The molecule has 0 amide bonds. The van der Waals surface area contributed by atoms with E-state index >= 15 is 0 Å². The lowest BCUT2D eigenvalue weighted by molar-refractivity contribution is -0.140. The molecule has 0 aromatic carbocycles. The molecular weight excluding hydrogens is 232 g/mol. The number of hydrogen-bond donors (Lipinski definition) is 1. The van der Waals surface area contributed by atoms with Gasteiger partial charge in [-0.25, -0.2) is 9.59 Å². The van der Waals surface area contributed by atoms with Gasteiger partial charge in [0.2, 0.25) is 0 Å². The summed E-state index contributed by atoms with van der Waals surface area (Å²) in [5, 5.41) is 9.10. The lowest BCUT2D eigenvalue weighted by Crippen LogP contribution is -2.14. The summed E-state index contributed by atoms with van der Waals surface area (Å²) in [6.45, 7) is 5.85. The zero-order chi connectivity index (χ0) is 14.0. The summed E-state index contributed by atoms with van der Waals surface area (Å²) >= 11 is 0. The van der Waals surface area contributed by atoms with Crippen LogP contribution in [0.1, 0.15) is 59.3 Å². The number of carbonyl (C=O) groups is 2. The van der Waals surface area contributed by atoms with Crippen molar-refractivity contribution in [2.45, 2.75) is 59.3 Å². The highest BCUT2D eigenvalue weighted by Crippen LogP contribution is 2.18. The summed E-state index contributed by atoms with van der Waals surface area (Å²) in [5.41, 5.74) is 0.521. The van der Waals surface area contributed by atoms with Gasteiger partial charge in [-0.05, 0) is 26.2 Å². The Balaban J connectivity index is 4.81. The first-order valence-electron chi connectivity index (χ1n) is 6.70. The number of rotatable bonds is 9. The number of ether oxygens (including phenoxy) is 1. The standard InChI is InChI=1S/C14H24O4/c1-4-7-8-9-10-12(14(17)18-6-3)11(5-2)13(15)16/h4-10H2,1-3H3,(H,15,16). The van der Waals surface area contributed by atoms with Crippen molar-refractivity contribution in [2.75, 3.05) is 6.61 Å². The highest BCUT2D eigenvalue weighted by Gasteiger charge is 2.19. The van der Waals surface area contributed by atoms with Gasteiger partial charge >= 0.3 is 11.9 Å². The van der Waals surface area contributed by atoms with Crippen molar-refractivity contribution in [3.8, 4) is 0 Å². The van der Waals surface area contributed by atoms with Crippen LogP contribution in [0.15, 0.2) is 11.1 Å². The summed E-state index contributed by atoms with van der Waals surface area (Å²) in [6, 6.07) is 0. The molecule has 0 aromatic rings. The molecule has 0 bridgehead atoms. The molecule has 0 unspecified atom stereocenters. The van der Waals surface area contributed by atoms with Gasteiger partial charge in [0.25, 0.3) is 0 Å². The van der Waals surface area contributed by atoms with Crippen molar-refractivity contribution in [1.82, 2.24) is 0 Å². The van der Waals surface area contributed by atoms with Crippen LogP contribution < -0.4 is 0 Å². The number of aliphatic carboxylic acids is 1. The first kappa shape index (κ1) is 16.7. The molecule has 4 heteroatoms. The lowest BCUT2D eigenvalue weighted by Gasteiger charge is -2.10. The van der Waals surface area contributed by atoms with Crippen molar-refractivity contribution in [3.63, 3.8) is 0 Å². The van der Waals surface area contributed by atoms with Crippen molar-refractivity contribution in [1.29, 1.82) is 0 Å². The Morgan fingerprint density at radius 2 is 1.67 bits per heavy atom. The number of esters is 1. The van der Waals surface area contributed by atoms with E-state index in [4.69, 9.17) is 9.84 Å². The largest absolute Gasteiger partial charge is 0.478 e. The average Bonchev–Trinajstić information content (AvgIpc) is 2.32. The van der Waals surface area contributed by atoms with Crippen LogP contribution in [-0.2, 0) is 14.3 Å². The third-order valence-corrected chi connectivity index (χ3v) is 2.78. The van der Waals surface area contributed by atoms with Crippen LogP contribution in [-0.4, -0.2) is 23.7 Å². The maximum atomic E-state index is 11.8. The summed E-state index contributed by atoms with van der Waals surface area (Å²) in [6.07, 6.45) is 4.89. The van der Waals surface area contributed by atoms with Crippen LogP contribution in [0.3, 0.4) is 0 Å². The van der Waals surface area contributed by atoms with Crippen LogP contribution in [0.5, 0.6) is 0 Å². The average molecular weight is 256 g/mol. The number of hydrogen-bond acceptors (Lipinski definition) is 3. The minimum absolute atomic E-state index is 0.185. The lowest BCUT2D eigenvalue weighted by atomic mass is 9.99. The normalized spacial score (nSPS) is 11.9. The van der Waals surface area contributed by atoms with Crippen LogP contribution in [0, 0.1) is 0 Å². The van der Waals surface area contributed by atoms with E-state index in [0.717, 1.165) is 25.7 Å². The van der Waals surface area contributed by atoms with E-state index in [1.54, 1.807) is 13.8 Å². The second kappa shape index (κ2) is 9.68. The molecule has 0 aliphatic carbocycles. The highest BCUT2D eigenvalue weighted by molar-refractivity contribution is 5.99. The molecule has 0 aliphatic rings. The van der Waals surface area contributed by atoms with Gasteiger partial charge in [-0.3, -0.25) is 0 Å². The third kappa shape index (κ3) is 5.84. The number of carbonyl (C=O) groups excluding carboxylic acids is 1. The first-order valence-corrected chi connectivity index (χ1v) is 6.70. The molecule has 0 heterocycles. The van der Waals surface area contributed by atoms with Gasteiger partial charge in [-0.1, -0.05) is 33.1 Å². The fraction of sp³-hybridized carbons (Fsp3) is 0.714. The van der Waals surface area contributed by atoms with E-state index in [1.165, 1.54) is 0 Å². The van der Waals surface area contributed by atoms with Gasteiger partial charge in [0.05, 0.1) is 6.61 Å². The molecule has 0 spiro atoms. The number of unbranched alkanes of at least 4 members (excludes halogenated alkanes) is 3. The quantitative estimate of drug-likeness (QED) is 0.390. The monoisotopic (exact) mass is 256 g/mol. The molecular formula is C14H24O4. The Labute approximate surface area is 109 Å². The molecule has 0 saturated heterocycles. The molecule has 0 aliphatic heterocycles. The Hall–Kier alpha value is -1.32. The Morgan fingerprint density at radius 1 is 1.00 bits per heavy atom. The van der Waals surface area contributed by atoms with Crippen molar-refractivity contribution >= 4 is 11.9 Å². The molecule has 0 aromatic heterocycles. The van der Waals surface area contributed by atoms with Gasteiger partial charge in [-0.15, -0.1) is 0 Å². The molecule has 18 heavy (non-hydrogen) atoms. The van der Waals surface area contributed by atoms with Gasteiger partial charge in [-0.2, -0.15) is 0 Å². The second-order valence-electron chi connectivity index (χ2n) is 4.15. The Morgan fingerprint density at radius 3 is 2.11 bits per heavy atom. The van der Waals surface area contributed by atoms with E-state index in [2.05, 4.69) is 6.92 Å². The van der Waals surface area contributed by atoms with E-state index in [9.17, 15) is 9.59 Å². The Kier molecular flexibility index (Phi) is 8.97. The molecule has 0 fully saturated rings. The molecule has 104 valence electrons. The van der Waals surface area contributed by atoms with Gasteiger partial charge in [0, 0.05) is 11.1 Å². The van der Waals surface area contributed by atoms with Crippen molar-refractivity contribution in [2.24, 2.45) is 0 Å². The fourth-order valence-corrected chi connectivity index (χ4v) is 1.82. The van der Waals surface area contributed by atoms with E-state index < -0.39 is 11.9 Å². The molecule has 1 N–H and O–H groups in total. The minimum atomic E-state index is -1.02. The molecule has 0 atom stereocenters. The topological polar surface area (TPSA) is 63.6 Å². The van der Waals surface area contributed by atoms with Gasteiger partial charge in [0.1, 0.15) is 0 Å². The molecule has 0 radical (unpaired) electrons. The SMILES string of the molecule is CCCCCCC(C(=O)OCC)=C(CC)C(=O)O.